The third-order valence-electron chi connectivity index (χ3n) is 0.777. The van der Waals surface area contributed by atoms with Crippen LogP contribution in [0.4, 0.5) is 4.79 Å². The van der Waals surface area contributed by atoms with Gasteiger partial charge in [-0.05, 0) is 0 Å². The molecule has 0 aromatic heterocycles. The molecular formula is C4H7N4O3+. The SMILES string of the molecule is N=[N+]=NC(=O)CCNC(=O)O. The molecule has 2 amide bonds. The van der Waals surface area contributed by atoms with Gasteiger partial charge in [-0.3, -0.25) is 4.79 Å². The number of carbonyl (C=O) groups is 2. The number of hydrogen-bond donors (Lipinski definition) is 3. The van der Waals surface area contributed by atoms with E-state index in [0.29, 0.717) is 0 Å². The third-order valence-corrected chi connectivity index (χ3v) is 0.777. The molecule has 0 saturated carbocycles. The lowest BCUT2D eigenvalue weighted by Crippen LogP contribution is -2.23. The zero-order valence-corrected chi connectivity index (χ0v) is 5.57. The minimum absolute atomic E-state index is 0.00676. The second-order valence-electron chi connectivity index (χ2n) is 1.58. The van der Waals surface area contributed by atoms with Gasteiger partial charge in [0.05, 0.1) is 6.42 Å². The molecule has 0 unspecified atom stereocenters. The summed E-state index contributed by atoms with van der Waals surface area (Å²) in [5.74, 6) is -0.617. The molecule has 0 aromatic carbocycles. The van der Waals surface area contributed by atoms with Crippen molar-refractivity contribution in [1.29, 1.82) is 5.53 Å². The molecule has 0 spiro atoms. The highest BCUT2D eigenvalue weighted by atomic mass is 16.4. The molecule has 7 nitrogen and oxygen atoms in total. The van der Waals surface area contributed by atoms with Crippen molar-refractivity contribution in [3.05, 3.63) is 0 Å². The summed E-state index contributed by atoms with van der Waals surface area (Å²) >= 11 is 0. The van der Waals surface area contributed by atoms with Crippen LogP contribution in [-0.2, 0) is 4.79 Å². The van der Waals surface area contributed by atoms with Crippen molar-refractivity contribution in [3.8, 4) is 0 Å². The molecule has 0 aliphatic rings. The number of hydrogen-bond acceptors (Lipinski definition) is 3. The van der Waals surface area contributed by atoms with E-state index in [9.17, 15) is 9.59 Å². The number of nitrogens with one attached hydrogen (secondary N) is 2. The topological polar surface area (TPSA) is 117 Å². The molecule has 11 heavy (non-hydrogen) atoms. The highest BCUT2D eigenvalue weighted by Crippen LogP contribution is 1.80. The van der Waals surface area contributed by atoms with E-state index >= 15 is 0 Å². The van der Waals surface area contributed by atoms with Crippen LogP contribution in [0.1, 0.15) is 6.42 Å². The summed E-state index contributed by atoms with van der Waals surface area (Å²) in [6.07, 6.45) is -1.27. The molecule has 0 aromatic rings. The van der Waals surface area contributed by atoms with Crippen molar-refractivity contribution in [2.24, 2.45) is 5.11 Å². The lowest BCUT2D eigenvalue weighted by Gasteiger charge is -1.92. The molecule has 7 heteroatoms. The maximum atomic E-state index is 10.4. The molecular weight excluding hydrogens is 152 g/mol. The van der Waals surface area contributed by atoms with Gasteiger partial charge in [-0.25, -0.2) is 4.79 Å². The predicted octanol–water partition coefficient (Wildman–Crippen LogP) is -0.279. The lowest BCUT2D eigenvalue weighted by atomic mass is 10.4. The Bertz CT molecular complexity index is 207. The Kier molecular flexibility index (Phi) is 4.26. The van der Waals surface area contributed by atoms with Crippen LogP contribution in [0.5, 0.6) is 0 Å². The first-order valence-electron chi connectivity index (χ1n) is 2.74. The average molecular weight is 159 g/mol. The van der Waals surface area contributed by atoms with Crippen LogP contribution in [0.2, 0.25) is 0 Å². The van der Waals surface area contributed by atoms with Gasteiger partial charge in [-0.2, -0.15) is 0 Å². The molecule has 3 N–H and O–H groups in total. The van der Waals surface area contributed by atoms with Crippen LogP contribution in [-0.4, -0.2) is 23.7 Å². The molecule has 0 atom stereocenters. The molecule has 60 valence electrons. The molecule has 0 fully saturated rings. The fourth-order valence-electron chi connectivity index (χ4n) is 0.382. The highest BCUT2D eigenvalue weighted by Gasteiger charge is 2.04. The van der Waals surface area contributed by atoms with Crippen LogP contribution < -0.4 is 10.2 Å². The van der Waals surface area contributed by atoms with Crippen LogP contribution >= 0.6 is 0 Å². The number of carboxylic acid groups (broad SMARTS) is 1. The van der Waals surface area contributed by atoms with Crippen molar-refractivity contribution >= 4 is 12.0 Å². The predicted molar refractivity (Wildman–Crippen MR) is 32.9 cm³/mol. The molecule has 0 heterocycles. The number of rotatable bonds is 3. The summed E-state index contributed by atoms with van der Waals surface area (Å²) in [6, 6.07) is 0. The van der Waals surface area contributed by atoms with Crippen LogP contribution in [0.3, 0.4) is 0 Å². The molecule has 0 aliphatic carbocycles. The Hall–Kier alpha value is -1.75. The van der Waals surface area contributed by atoms with Gasteiger partial charge < -0.3 is 10.4 Å². The number of amides is 2. The van der Waals surface area contributed by atoms with Gasteiger partial charge in [-0.15, -0.1) is 0 Å². The van der Waals surface area contributed by atoms with E-state index in [0.717, 1.165) is 0 Å². The zero-order valence-electron chi connectivity index (χ0n) is 5.57. The van der Waals surface area contributed by atoms with E-state index in [1.807, 2.05) is 5.32 Å². The normalized spacial score (nSPS) is 8.00. The summed E-state index contributed by atoms with van der Waals surface area (Å²) in [4.78, 5) is 22.7. The Balaban J connectivity index is 3.47. The second-order valence-corrected chi connectivity index (χ2v) is 1.58. The van der Waals surface area contributed by atoms with E-state index in [-0.39, 0.29) is 13.0 Å². The van der Waals surface area contributed by atoms with Gasteiger partial charge in [0, 0.05) is 6.54 Å². The average Bonchev–Trinajstić information content (AvgIpc) is 1.87. The summed E-state index contributed by atoms with van der Waals surface area (Å²) in [7, 11) is 0. The van der Waals surface area contributed by atoms with Gasteiger partial charge in [0.2, 0.25) is 4.91 Å². The van der Waals surface area contributed by atoms with Crippen molar-refractivity contribution < 1.29 is 14.7 Å². The highest BCUT2D eigenvalue weighted by molar-refractivity contribution is 5.76. The number of carbonyl (C=O) groups excluding carboxylic acids is 1. The van der Waals surface area contributed by atoms with Gasteiger partial charge in [0.15, 0.2) is 5.11 Å². The fraction of sp³-hybridized carbons (Fsp3) is 0.500. The van der Waals surface area contributed by atoms with Crippen LogP contribution in [0.25, 0.3) is 0 Å². The van der Waals surface area contributed by atoms with Crippen LogP contribution in [0, 0.1) is 5.53 Å². The fourth-order valence-corrected chi connectivity index (χ4v) is 0.382. The summed E-state index contributed by atoms with van der Waals surface area (Å²) in [6.45, 7) is -0.00676. The molecule has 0 saturated heterocycles. The maximum Gasteiger partial charge on any atom is 0.404 e. The Morgan fingerprint density at radius 3 is 2.73 bits per heavy atom. The Morgan fingerprint density at radius 2 is 2.27 bits per heavy atom. The first-order chi connectivity index (χ1) is 5.16. The minimum atomic E-state index is -1.19. The smallest absolute Gasteiger partial charge is 0.404 e. The largest absolute Gasteiger partial charge is 0.465 e. The molecule has 0 bridgehead atoms. The van der Waals surface area contributed by atoms with Crippen molar-refractivity contribution in [2.75, 3.05) is 6.54 Å². The van der Waals surface area contributed by atoms with Gasteiger partial charge in [0.25, 0.3) is 0 Å². The first kappa shape index (κ1) is 9.25. The Labute approximate surface area is 61.6 Å². The molecule has 0 aliphatic heterocycles. The first-order valence-corrected chi connectivity index (χ1v) is 2.74. The van der Waals surface area contributed by atoms with E-state index in [1.54, 1.807) is 0 Å². The molecule has 0 rings (SSSR count). The van der Waals surface area contributed by atoms with Crippen molar-refractivity contribution in [2.45, 2.75) is 6.42 Å². The number of nitrogens with zero attached hydrogens (tertiary/aromatic N) is 2. The van der Waals surface area contributed by atoms with Crippen LogP contribution in [0.15, 0.2) is 5.11 Å². The summed E-state index contributed by atoms with van der Waals surface area (Å²) < 4.78 is 0. The monoisotopic (exact) mass is 159 g/mol. The van der Waals surface area contributed by atoms with E-state index < -0.39 is 12.0 Å². The van der Waals surface area contributed by atoms with Crippen molar-refractivity contribution in [1.82, 2.24) is 10.2 Å². The van der Waals surface area contributed by atoms with E-state index in [1.165, 1.54) is 0 Å². The van der Waals surface area contributed by atoms with Gasteiger partial charge in [-0.1, -0.05) is 0 Å². The standard InChI is InChI=1S/C4H6N4O3/c5-8-7-3(9)1-2-6-4(10)11/h5-6H,1-2H2/p+1. The maximum absolute atomic E-state index is 10.4. The summed E-state index contributed by atoms with van der Waals surface area (Å²) in [5.41, 5.74) is 6.15. The van der Waals surface area contributed by atoms with Gasteiger partial charge >= 0.3 is 12.0 Å². The molecule has 0 radical (unpaired) electrons. The zero-order chi connectivity index (χ0) is 8.69. The van der Waals surface area contributed by atoms with Gasteiger partial charge in [0.1, 0.15) is 5.53 Å². The van der Waals surface area contributed by atoms with E-state index in [2.05, 4.69) is 10.0 Å². The Morgan fingerprint density at radius 1 is 1.64 bits per heavy atom. The van der Waals surface area contributed by atoms with E-state index in [4.69, 9.17) is 10.6 Å². The lowest BCUT2D eigenvalue weighted by molar-refractivity contribution is -0.118. The summed E-state index contributed by atoms with van der Waals surface area (Å²) in [5, 5.41) is 12.9. The second kappa shape index (κ2) is 5.07. The minimum Gasteiger partial charge on any atom is -0.465 e. The third kappa shape index (κ3) is 6.13. The quantitative estimate of drug-likeness (QED) is 0.388. The van der Waals surface area contributed by atoms with Crippen molar-refractivity contribution in [3.63, 3.8) is 0 Å².